The number of fused-ring (bicyclic) bond motifs is 4. The molecule has 135 heavy (non-hydrogen) atoms. The van der Waals surface area contributed by atoms with Gasteiger partial charge < -0.3 is 53.4 Å². The number of hydrogen-bond donors (Lipinski definition) is 9. The van der Waals surface area contributed by atoms with E-state index in [1.165, 1.54) is 81.9 Å². The lowest BCUT2D eigenvalue weighted by Gasteiger charge is -2.45. The molecule has 0 bridgehead atoms. The number of imidazole rings is 4. The Balaban J connectivity index is 0.000000153. The summed E-state index contributed by atoms with van der Waals surface area (Å²) >= 11 is 0. The summed E-state index contributed by atoms with van der Waals surface area (Å²) in [6.07, 6.45) is -8.20. The molecule has 0 radical (unpaired) electrons. The molecule has 2 saturated heterocycles. The van der Waals surface area contributed by atoms with Gasteiger partial charge >= 0.3 is 12.3 Å². The van der Waals surface area contributed by atoms with Gasteiger partial charge in [-0.15, -0.1) is 0 Å². The van der Waals surface area contributed by atoms with Gasteiger partial charge in [-0.1, -0.05) is 54.6 Å². The highest BCUT2D eigenvalue weighted by Gasteiger charge is 2.43. The molecule has 8 heterocycles. The summed E-state index contributed by atoms with van der Waals surface area (Å²) in [6.45, 7) is 10.3. The van der Waals surface area contributed by atoms with Crippen LogP contribution < -0.4 is 42.2 Å². The molecule has 6 aromatic heterocycles. The van der Waals surface area contributed by atoms with Gasteiger partial charge in [0.1, 0.15) is 6.61 Å². The number of carbonyl (C=O) groups excluding carboxylic acids is 6. The number of ether oxygens (including phenoxy) is 1. The van der Waals surface area contributed by atoms with Crippen LogP contribution in [0.5, 0.6) is 0 Å². The molecule has 2 fully saturated rings. The molecule has 40 heteroatoms. The molecule has 16 rings (SSSR count). The molecule has 2 aliphatic heterocycles. The third-order valence-corrected chi connectivity index (χ3v) is 22.3. The molecule has 0 aliphatic carbocycles. The van der Waals surface area contributed by atoms with Gasteiger partial charge in [0.05, 0.1) is 84.4 Å². The van der Waals surface area contributed by atoms with E-state index in [1.54, 1.807) is 125 Å². The molecular weight excluding hydrogens is 1770 g/mol. The number of cyclic esters (lactones) is 1. The van der Waals surface area contributed by atoms with Gasteiger partial charge in [0.2, 0.25) is 29.7 Å². The van der Waals surface area contributed by atoms with Gasteiger partial charge in [-0.25, -0.2) is 51.1 Å². The molecule has 2 aliphatic rings. The third kappa shape index (κ3) is 22.6. The largest absolute Gasteiger partial charge is 0.447 e. The van der Waals surface area contributed by atoms with Crippen molar-refractivity contribution in [2.45, 2.75) is 116 Å². The molecule has 8 aromatic carbocycles. The molecule has 706 valence electrons. The van der Waals surface area contributed by atoms with Gasteiger partial charge in [0.15, 0.2) is 0 Å². The number of benzene rings is 8. The fraction of sp³-hybridized carbons (Fsp3) is 0.284. The number of aliphatic hydroxyl groups excluding tert-OH is 5. The zero-order chi connectivity index (χ0) is 96.7. The van der Waals surface area contributed by atoms with Gasteiger partial charge in [-0.3, -0.25) is 73.8 Å². The number of aliphatic hydroxyl groups is 5. The van der Waals surface area contributed by atoms with E-state index in [2.05, 4.69) is 41.2 Å². The highest BCUT2D eigenvalue weighted by Crippen LogP contribution is 2.37. The van der Waals surface area contributed by atoms with E-state index in [-0.39, 0.29) is 119 Å². The average Bonchev–Trinajstić information content (AvgIpc) is 1.70. The predicted octanol–water partition coefficient (Wildman–Crippen LogP) is 15.0. The number of nitrogens with zero attached hydrogens (tertiary/aromatic N) is 13. The monoisotopic (exact) mass is 1870 g/mol. The van der Waals surface area contributed by atoms with Crippen molar-refractivity contribution >= 4 is 115 Å². The van der Waals surface area contributed by atoms with Crippen LogP contribution in [-0.4, -0.2) is 184 Å². The Labute approximate surface area is 763 Å². The molecule has 31 nitrogen and oxygen atoms in total. The van der Waals surface area contributed by atoms with Crippen molar-refractivity contribution < 1.29 is 98.6 Å². The lowest BCUT2D eigenvalue weighted by molar-refractivity contribution is -0.137. The number of amides is 6. The Hall–Kier alpha value is -14.7. The van der Waals surface area contributed by atoms with Crippen molar-refractivity contribution in [2.75, 3.05) is 90.3 Å². The zero-order valence-electron chi connectivity index (χ0n) is 73.2. The minimum absolute atomic E-state index is 0.0329. The number of piperazine rings is 1. The molecule has 6 amide bonds. The van der Waals surface area contributed by atoms with Gasteiger partial charge in [-0.05, 0) is 193 Å². The molecule has 0 spiro atoms. The summed E-state index contributed by atoms with van der Waals surface area (Å²) in [6, 6.07) is 50.5. The van der Waals surface area contributed by atoms with E-state index in [9.17, 15) is 103 Å². The lowest BCUT2D eigenvalue weighted by atomic mass is 9.97. The van der Waals surface area contributed by atoms with Crippen molar-refractivity contribution in [1.29, 1.82) is 0 Å². The van der Waals surface area contributed by atoms with E-state index < -0.39 is 71.8 Å². The first kappa shape index (κ1) is 97.8. The number of nitrogens with one attached hydrogen (secondary N) is 4. The highest BCUT2D eigenvalue weighted by molar-refractivity contribution is 6.08. The first-order valence-corrected chi connectivity index (χ1v) is 42.7. The van der Waals surface area contributed by atoms with Crippen LogP contribution in [0.25, 0.3) is 55.5 Å². The second-order valence-electron chi connectivity index (χ2n) is 32.3. The fourth-order valence-electron chi connectivity index (χ4n) is 15.4. The summed E-state index contributed by atoms with van der Waals surface area (Å²) in [5.74, 6) is -1.81. The van der Waals surface area contributed by atoms with Crippen LogP contribution in [0.3, 0.4) is 0 Å². The van der Waals surface area contributed by atoms with Crippen LogP contribution >= 0.6 is 0 Å². The number of alkyl halides is 9. The van der Waals surface area contributed by atoms with Crippen molar-refractivity contribution in [3.63, 3.8) is 0 Å². The predicted molar refractivity (Wildman–Crippen MR) is 487 cm³/mol. The Kier molecular flexibility index (Phi) is 31.1. The Bertz CT molecular complexity index is 6810. The van der Waals surface area contributed by atoms with Crippen LogP contribution in [0.2, 0.25) is 0 Å². The molecule has 9 N–H and O–H groups in total. The Morgan fingerprint density at radius 1 is 0.400 bits per heavy atom. The quantitative estimate of drug-likeness (QED) is 0.0197. The summed E-state index contributed by atoms with van der Waals surface area (Å²) in [5.41, 5.74) is 3.87. The van der Waals surface area contributed by atoms with Crippen LogP contribution in [0.15, 0.2) is 228 Å². The number of aromatic nitrogens is 10. The van der Waals surface area contributed by atoms with Crippen LogP contribution in [0.1, 0.15) is 136 Å². The minimum Gasteiger partial charge on any atom is -0.447 e. The number of rotatable bonds is 29. The zero-order valence-corrected chi connectivity index (χ0v) is 73.2. The number of halogens is 9. The number of pyridine rings is 2. The number of hydrogen-bond acceptors (Lipinski definition) is 19. The van der Waals surface area contributed by atoms with Crippen LogP contribution in [-0.2, 0) is 41.9 Å². The molecule has 14 aromatic rings. The van der Waals surface area contributed by atoms with Gasteiger partial charge in [-0.2, -0.15) is 13.2 Å². The molecule has 0 atom stereocenters. The summed E-state index contributed by atoms with van der Waals surface area (Å²) in [7, 11) is 0. The first-order valence-electron chi connectivity index (χ1n) is 42.7. The smallest absolute Gasteiger partial charge is 0.416 e. The maximum atomic E-state index is 13.3. The minimum atomic E-state index is -4.57. The van der Waals surface area contributed by atoms with Crippen molar-refractivity contribution in [3.8, 4) is 11.4 Å². The normalized spacial score (nSPS) is 13.7. The van der Waals surface area contributed by atoms with Crippen molar-refractivity contribution in [3.05, 3.63) is 284 Å². The van der Waals surface area contributed by atoms with Crippen molar-refractivity contribution in [2.24, 2.45) is 0 Å². The second kappa shape index (κ2) is 42.9. The van der Waals surface area contributed by atoms with E-state index in [0.29, 0.717) is 138 Å². The maximum Gasteiger partial charge on any atom is 0.416 e. The van der Waals surface area contributed by atoms with Gasteiger partial charge in [0.25, 0.3) is 54.0 Å². The topological polar surface area (TPSA) is 386 Å². The third-order valence-electron chi connectivity index (χ3n) is 22.3. The average molecular weight is 1870 g/mol. The highest BCUT2D eigenvalue weighted by atomic mass is 19.4. The summed E-state index contributed by atoms with van der Waals surface area (Å²) in [4.78, 5) is 124. The number of aryl methyl sites for hydroxylation is 4. The molecular formula is C95H94F9N17O14. The fourth-order valence-corrected chi connectivity index (χ4v) is 15.4. The first-order chi connectivity index (χ1) is 64.6. The van der Waals surface area contributed by atoms with E-state index >= 15 is 0 Å². The SMILES string of the molecule is CC1(C)C(=O)N(c2ccc3c(c2)nc(NC(=O)c2cccc(C(F)F)c2)n3CCCO)CCN1CCO.CC1(C)COC(=O)N1c1ccc2c(c1)nc(NC(=O)c1cccc(C(F)F)c1)n2CCCO.O=C(Nc1nc2cc(-n3ccccc3=O)ccc2n1CCCO)c1cccc(C(F)(F)F)c1.O=C(Nc1nc2cc(-n3ccccc3=O)ccc2n1CCCO)c1cccc(C(F)F)c1. The van der Waals surface area contributed by atoms with Crippen LogP contribution in [0.4, 0.5) is 79.5 Å². The van der Waals surface area contributed by atoms with Crippen molar-refractivity contribution in [1.82, 2.24) is 52.2 Å². The Morgan fingerprint density at radius 3 is 1.07 bits per heavy atom. The van der Waals surface area contributed by atoms with E-state index in [0.717, 1.165) is 36.4 Å². The number of β-amino-alcohol motifs (C(OH)–C–C–N with tert-alkyl or cyclic N) is 1. The van der Waals surface area contributed by atoms with Crippen LogP contribution in [0, 0.1) is 0 Å². The van der Waals surface area contributed by atoms with E-state index in [4.69, 9.17) is 4.74 Å². The van der Waals surface area contributed by atoms with Gasteiger partial charge in [0, 0.05) is 141 Å². The molecule has 0 saturated carbocycles. The summed E-state index contributed by atoms with van der Waals surface area (Å²) in [5, 5.41) is 57.2. The second-order valence-corrected chi connectivity index (χ2v) is 32.3. The number of anilines is 6. The summed E-state index contributed by atoms with van der Waals surface area (Å²) < 4.78 is 132. The standard InChI is InChI=1S/C26H31F2N5O4.C23H19F3N4O3.C23H24F2N4O4.C23H20F2N4O3/c1-26(2)24(37)32(11-10-31(26)12-14-35)19-7-8-21-20(16-19)29-25(33(21)9-4-13-34)30-23(36)18-6-3-5-17(15-18)22(27)28;24-23(25,26)16-6-3-5-15(13-16)21(33)28-22-27-18-14-17(29-10-2-1-7-20(29)32)8-9-19(18)30(22)11-4-12-31;1-23(2)13-33-22(32)29(23)16-7-8-18-17(12-16)26-21(28(18)9-4-10-30)27-20(31)15-6-3-5-14(11-15)19(24)25;24-21(25)15-5-3-6-16(13-15)22(32)27-23-26-18-14-17(28-10-2-1-7-20(28)31)8-9-19(18)29(23)11-4-12-30/h3,5-8,15-16,22,34-35H,4,9-14H2,1-2H3,(H,29,30,36);1-3,5-10,13-14,31H,4,11-12H2,(H,27,28,33);3,5-8,11-12,19,30H,4,9-10,13H2,1-2H3,(H,26,27,31);1-3,5-10,13-14,21,30H,4,11-12H2,(H,26,27,32). The molecule has 0 unspecified atom stereocenters. The lowest BCUT2D eigenvalue weighted by Crippen LogP contribution is -2.63. The van der Waals surface area contributed by atoms with E-state index in [1.807, 2.05) is 44.7 Å². The maximum absolute atomic E-state index is 13.3. The number of carbonyl (C=O) groups is 6. The Morgan fingerprint density at radius 2 is 0.741 bits per heavy atom.